The first-order chi connectivity index (χ1) is 8.63. The Morgan fingerprint density at radius 2 is 2.17 bits per heavy atom. The van der Waals surface area contributed by atoms with Crippen LogP contribution < -0.4 is 0 Å². The van der Waals surface area contributed by atoms with Crippen molar-refractivity contribution in [3.05, 3.63) is 15.9 Å². The van der Waals surface area contributed by atoms with Crippen LogP contribution in [0.4, 0.5) is 0 Å². The molecule has 2 rings (SSSR count). The van der Waals surface area contributed by atoms with E-state index in [4.69, 9.17) is 11.6 Å². The first-order valence-electron chi connectivity index (χ1n) is 6.61. The highest BCUT2D eigenvalue weighted by molar-refractivity contribution is 9.10. The fourth-order valence-corrected chi connectivity index (χ4v) is 3.47. The van der Waals surface area contributed by atoms with E-state index in [2.05, 4.69) is 25.9 Å². The minimum absolute atomic E-state index is 0.510. The molecule has 1 fully saturated rings. The van der Waals surface area contributed by atoms with E-state index in [1.165, 1.54) is 31.4 Å². The number of hydrogen-bond acceptors (Lipinski definition) is 2. The summed E-state index contributed by atoms with van der Waals surface area (Å²) in [5.74, 6) is 0.731. The Labute approximate surface area is 123 Å². The molecule has 2 heterocycles. The normalized spacial score (nSPS) is 22.1. The highest BCUT2D eigenvalue weighted by Gasteiger charge is 2.22. The Morgan fingerprint density at radius 1 is 1.39 bits per heavy atom. The summed E-state index contributed by atoms with van der Waals surface area (Å²) in [4.78, 5) is 2.52. The van der Waals surface area contributed by atoms with E-state index in [1.807, 2.05) is 18.7 Å². The van der Waals surface area contributed by atoms with Crippen LogP contribution in [0, 0.1) is 6.92 Å². The summed E-state index contributed by atoms with van der Waals surface area (Å²) < 4.78 is 3.12. The van der Waals surface area contributed by atoms with Gasteiger partial charge in [0.25, 0.3) is 0 Å². The molecule has 0 amide bonds. The zero-order chi connectivity index (χ0) is 13.1. The van der Waals surface area contributed by atoms with Gasteiger partial charge in [-0.2, -0.15) is 5.10 Å². The number of likely N-dealkylation sites (tertiary alicyclic amines) is 1. The molecule has 3 nitrogen and oxygen atoms in total. The summed E-state index contributed by atoms with van der Waals surface area (Å²) in [6, 6.07) is 0.510. The van der Waals surface area contributed by atoms with Crippen LogP contribution in [0.2, 0.25) is 0 Å². The van der Waals surface area contributed by atoms with Crippen LogP contribution in [0.25, 0.3) is 0 Å². The number of aromatic nitrogens is 2. The predicted octanol–water partition coefficient (Wildman–Crippen LogP) is 3.47. The second-order valence-electron chi connectivity index (χ2n) is 5.10. The molecule has 1 aromatic heterocycles. The summed E-state index contributed by atoms with van der Waals surface area (Å²) >= 11 is 9.77. The third kappa shape index (κ3) is 3.09. The van der Waals surface area contributed by atoms with Gasteiger partial charge in [-0.05, 0) is 42.2 Å². The van der Waals surface area contributed by atoms with Gasteiger partial charge < -0.3 is 0 Å². The average molecular weight is 335 g/mol. The van der Waals surface area contributed by atoms with Crippen molar-refractivity contribution in [2.24, 2.45) is 7.05 Å². The minimum Gasteiger partial charge on any atom is -0.293 e. The van der Waals surface area contributed by atoms with Gasteiger partial charge in [0.05, 0.1) is 15.9 Å². The zero-order valence-electron chi connectivity index (χ0n) is 11.1. The smallest absolute Gasteiger partial charge is 0.0739 e. The lowest BCUT2D eigenvalue weighted by atomic mass is 10.1. The first-order valence-corrected chi connectivity index (χ1v) is 7.94. The number of halogens is 2. The number of aryl methyl sites for hydroxylation is 2. The third-order valence-corrected chi connectivity index (χ3v) is 5.18. The van der Waals surface area contributed by atoms with Crippen LogP contribution in [0.5, 0.6) is 0 Å². The highest BCUT2D eigenvalue weighted by atomic mass is 79.9. The molecule has 1 saturated heterocycles. The van der Waals surface area contributed by atoms with E-state index in [-0.39, 0.29) is 0 Å². The standard InChI is InChI=1S/C13H21BrClN3/c1-10-13(14)12(17(2)16-10)9-18-7-5-3-4-6-11(18)8-15/h11H,3-9H2,1-2H3. The molecule has 0 aromatic carbocycles. The molecule has 0 spiro atoms. The molecule has 5 heteroatoms. The molecule has 18 heavy (non-hydrogen) atoms. The topological polar surface area (TPSA) is 21.1 Å². The van der Waals surface area contributed by atoms with Crippen LogP contribution in [0.1, 0.15) is 37.1 Å². The van der Waals surface area contributed by atoms with Crippen LogP contribution in [-0.4, -0.2) is 33.1 Å². The van der Waals surface area contributed by atoms with Gasteiger partial charge in [-0.15, -0.1) is 11.6 Å². The maximum atomic E-state index is 6.12. The van der Waals surface area contributed by atoms with E-state index in [0.29, 0.717) is 6.04 Å². The van der Waals surface area contributed by atoms with Crippen LogP contribution in [0.3, 0.4) is 0 Å². The number of alkyl halides is 1. The van der Waals surface area contributed by atoms with Crippen molar-refractivity contribution in [1.82, 2.24) is 14.7 Å². The van der Waals surface area contributed by atoms with Crippen molar-refractivity contribution >= 4 is 27.5 Å². The maximum Gasteiger partial charge on any atom is 0.0739 e. The molecule has 1 aliphatic heterocycles. The lowest BCUT2D eigenvalue weighted by molar-refractivity contribution is 0.202. The molecule has 102 valence electrons. The zero-order valence-corrected chi connectivity index (χ0v) is 13.5. The summed E-state index contributed by atoms with van der Waals surface area (Å²) in [5.41, 5.74) is 2.31. The number of rotatable bonds is 3. The molecule has 1 aliphatic rings. The Morgan fingerprint density at radius 3 is 2.78 bits per heavy atom. The Kier molecular flexibility index (Phi) is 5.10. The van der Waals surface area contributed by atoms with Crippen LogP contribution >= 0.6 is 27.5 Å². The Hall–Kier alpha value is -0.0600. The van der Waals surface area contributed by atoms with E-state index in [9.17, 15) is 0 Å². The van der Waals surface area contributed by atoms with Crippen molar-refractivity contribution < 1.29 is 0 Å². The highest BCUT2D eigenvalue weighted by Crippen LogP contribution is 2.25. The van der Waals surface area contributed by atoms with Crippen LogP contribution in [-0.2, 0) is 13.6 Å². The molecule has 0 saturated carbocycles. The number of hydrogen-bond donors (Lipinski definition) is 0. The first kappa shape index (κ1) is 14.4. The van der Waals surface area contributed by atoms with Gasteiger partial charge in [-0.3, -0.25) is 9.58 Å². The second kappa shape index (κ2) is 6.40. The summed E-state index contributed by atoms with van der Waals surface area (Å²) in [5, 5.41) is 4.46. The average Bonchev–Trinajstić information content (AvgIpc) is 2.56. The Balaban J connectivity index is 2.15. The maximum absolute atomic E-state index is 6.12. The Bertz CT molecular complexity index is 405. The minimum atomic E-state index is 0.510. The van der Waals surface area contributed by atoms with Gasteiger partial charge >= 0.3 is 0 Å². The fraction of sp³-hybridized carbons (Fsp3) is 0.769. The third-order valence-electron chi connectivity index (χ3n) is 3.79. The summed E-state index contributed by atoms with van der Waals surface area (Å²) in [6.45, 7) is 4.12. The van der Waals surface area contributed by atoms with E-state index in [1.54, 1.807) is 0 Å². The molecule has 1 aromatic rings. The largest absolute Gasteiger partial charge is 0.293 e. The van der Waals surface area contributed by atoms with Crippen molar-refractivity contribution in [3.8, 4) is 0 Å². The van der Waals surface area contributed by atoms with Gasteiger partial charge in [0, 0.05) is 25.5 Å². The summed E-state index contributed by atoms with van der Waals surface area (Å²) in [7, 11) is 2.01. The number of nitrogens with zero attached hydrogens (tertiary/aromatic N) is 3. The quantitative estimate of drug-likeness (QED) is 0.789. The van der Waals surface area contributed by atoms with E-state index in [0.717, 1.165) is 29.1 Å². The monoisotopic (exact) mass is 333 g/mol. The molecule has 1 unspecified atom stereocenters. The molecule has 1 atom stereocenters. The lowest BCUT2D eigenvalue weighted by Crippen LogP contribution is -2.36. The van der Waals surface area contributed by atoms with Crippen molar-refractivity contribution in [2.75, 3.05) is 12.4 Å². The SMILES string of the molecule is Cc1nn(C)c(CN2CCCCCC2CCl)c1Br. The molecule has 0 aliphatic carbocycles. The molecular formula is C13H21BrClN3. The lowest BCUT2D eigenvalue weighted by Gasteiger charge is -2.28. The molecule has 0 N–H and O–H groups in total. The predicted molar refractivity (Wildman–Crippen MR) is 79.0 cm³/mol. The van der Waals surface area contributed by atoms with Crippen LogP contribution in [0.15, 0.2) is 4.47 Å². The summed E-state index contributed by atoms with van der Waals surface area (Å²) in [6.07, 6.45) is 5.13. The van der Waals surface area contributed by atoms with Gasteiger partial charge in [0.1, 0.15) is 0 Å². The molecule has 0 radical (unpaired) electrons. The van der Waals surface area contributed by atoms with E-state index < -0.39 is 0 Å². The van der Waals surface area contributed by atoms with Crippen molar-refractivity contribution in [1.29, 1.82) is 0 Å². The second-order valence-corrected chi connectivity index (χ2v) is 6.20. The van der Waals surface area contributed by atoms with Gasteiger partial charge in [0.15, 0.2) is 0 Å². The van der Waals surface area contributed by atoms with Gasteiger partial charge in [-0.1, -0.05) is 12.8 Å². The van der Waals surface area contributed by atoms with Gasteiger partial charge in [-0.25, -0.2) is 0 Å². The van der Waals surface area contributed by atoms with Gasteiger partial charge in [0.2, 0.25) is 0 Å². The molecular weight excluding hydrogens is 314 g/mol. The van der Waals surface area contributed by atoms with Crippen molar-refractivity contribution in [3.63, 3.8) is 0 Å². The fourth-order valence-electron chi connectivity index (χ4n) is 2.66. The van der Waals surface area contributed by atoms with Crippen molar-refractivity contribution in [2.45, 2.75) is 45.2 Å². The van der Waals surface area contributed by atoms with E-state index >= 15 is 0 Å². The molecule has 0 bridgehead atoms.